The van der Waals surface area contributed by atoms with Crippen LogP contribution >= 0.6 is 15.9 Å². The number of imide groups is 1. The molecule has 34 heavy (non-hydrogen) atoms. The Morgan fingerprint density at radius 2 is 1.38 bits per heavy atom. The minimum Gasteiger partial charge on any atom is -0.463 e. The highest BCUT2D eigenvalue weighted by Crippen LogP contribution is 2.33. The molecule has 8 nitrogen and oxygen atoms in total. The van der Waals surface area contributed by atoms with Gasteiger partial charge in [0.1, 0.15) is 0 Å². The van der Waals surface area contributed by atoms with E-state index in [1.54, 1.807) is 42.5 Å². The molecule has 1 heterocycles. The average Bonchev–Trinajstić information content (AvgIpc) is 2.86. The van der Waals surface area contributed by atoms with Gasteiger partial charge in [0, 0.05) is 21.8 Å². The number of amides is 3. The fourth-order valence-electron chi connectivity index (χ4n) is 3.71. The van der Waals surface area contributed by atoms with Crippen LogP contribution in [0.3, 0.4) is 0 Å². The van der Waals surface area contributed by atoms with E-state index >= 15 is 0 Å². The third-order valence-corrected chi connectivity index (χ3v) is 5.70. The lowest BCUT2D eigenvalue weighted by molar-refractivity contribution is 0.0712. The Balaban J connectivity index is 2.00. The Hall–Kier alpha value is -4.24. The van der Waals surface area contributed by atoms with E-state index in [4.69, 9.17) is 4.98 Å². The van der Waals surface area contributed by atoms with Gasteiger partial charge in [-0.25, -0.2) is 14.6 Å². The van der Waals surface area contributed by atoms with Crippen LogP contribution in [0.1, 0.15) is 15.9 Å². The third kappa shape index (κ3) is 4.20. The fraction of sp³-hybridized carbons (Fsp3) is 0.0400. The molecular formula is C25H18BrN3O5. The standard InChI is InChI=1S/C25H18BrN3O5/c26-15-19-21(18-13-7-8-14-20(18)27-22(19)16-9-3-1-4-10-16)23(30)29(25(33)34)28(24(31)32)17-11-5-2-6-12-17/h1-14H,15H2,(H,31,32)(H,33,34). The van der Waals surface area contributed by atoms with Crippen LogP contribution in [-0.2, 0) is 5.33 Å². The van der Waals surface area contributed by atoms with Gasteiger partial charge in [-0.2, -0.15) is 5.01 Å². The number of carbonyl (C=O) groups excluding carboxylic acids is 1. The fourth-order valence-corrected chi connectivity index (χ4v) is 4.26. The van der Waals surface area contributed by atoms with Crippen LogP contribution in [-0.4, -0.2) is 38.3 Å². The van der Waals surface area contributed by atoms with Crippen molar-refractivity contribution in [3.05, 3.63) is 96.1 Å². The van der Waals surface area contributed by atoms with E-state index in [2.05, 4.69) is 15.9 Å². The number of nitrogens with zero attached hydrogens (tertiary/aromatic N) is 3. The summed E-state index contributed by atoms with van der Waals surface area (Å²) >= 11 is 3.42. The number of fused-ring (bicyclic) bond motifs is 1. The lowest BCUT2D eigenvalue weighted by Gasteiger charge is -2.29. The average molecular weight is 520 g/mol. The lowest BCUT2D eigenvalue weighted by atomic mass is 9.97. The first kappa shape index (κ1) is 22.9. The molecule has 0 saturated heterocycles. The Labute approximate surface area is 202 Å². The largest absolute Gasteiger partial charge is 0.463 e. The Bertz CT molecular complexity index is 1380. The molecule has 3 aromatic carbocycles. The van der Waals surface area contributed by atoms with Gasteiger partial charge in [0.05, 0.1) is 22.5 Å². The number of benzene rings is 3. The lowest BCUT2D eigenvalue weighted by Crippen LogP contribution is -2.52. The van der Waals surface area contributed by atoms with Gasteiger partial charge in [0.2, 0.25) is 0 Å². The maximum absolute atomic E-state index is 13.9. The number of pyridine rings is 1. The molecule has 0 atom stereocenters. The van der Waals surface area contributed by atoms with Gasteiger partial charge in [-0.3, -0.25) is 4.79 Å². The summed E-state index contributed by atoms with van der Waals surface area (Å²) in [4.78, 5) is 43.0. The van der Waals surface area contributed by atoms with Gasteiger partial charge >= 0.3 is 12.2 Å². The normalized spacial score (nSPS) is 10.6. The molecule has 0 fully saturated rings. The van der Waals surface area contributed by atoms with E-state index in [0.29, 0.717) is 27.2 Å². The number of aromatic nitrogens is 1. The topological polar surface area (TPSA) is 111 Å². The van der Waals surface area contributed by atoms with E-state index in [1.807, 2.05) is 30.3 Å². The van der Waals surface area contributed by atoms with Crippen LogP contribution in [0.2, 0.25) is 0 Å². The highest BCUT2D eigenvalue weighted by atomic mass is 79.9. The minimum atomic E-state index is -1.74. The predicted molar refractivity (Wildman–Crippen MR) is 131 cm³/mol. The number of carbonyl (C=O) groups is 3. The molecule has 0 saturated carbocycles. The Morgan fingerprint density at radius 3 is 1.97 bits per heavy atom. The quantitative estimate of drug-likeness (QED) is 0.252. The summed E-state index contributed by atoms with van der Waals surface area (Å²) < 4.78 is 0. The molecule has 2 N–H and O–H groups in total. The van der Waals surface area contributed by atoms with Crippen LogP contribution in [0.5, 0.6) is 0 Å². The minimum absolute atomic E-state index is 0.00721. The second kappa shape index (κ2) is 9.72. The molecule has 4 rings (SSSR count). The zero-order chi connectivity index (χ0) is 24.2. The molecule has 0 aliphatic carbocycles. The predicted octanol–water partition coefficient (Wildman–Crippen LogP) is 6.02. The summed E-state index contributed by atoms with van der Waals surface area (Å²) in [5.74, 6) is -1.01. The van der Waals surface area contributed by atoms with Crippen molar-refractivity contribution in [2.75, 3.05) is 5.01 Å². The number of rotatable bonds is 4. The number of anilines is 1. The second-order valence-corrected chi connectivity index (χ2v) is 7.72. The third-order valence-electron chi connectivity index (χ3n) is 5.14. The van der Waals surface area contributed by atoms with E-state index in [9.17, 15) is 24.6 Å². The Morgan fingerprint density at radius 1 is 0.794 bits per heavy atom. The molecule has 1 aromatic heterocycles. The molecule has 4 aromatic rings. The van der Waals surface area contributed by atoms with Crippen molar-refractivity contribution in [3.63, 3.8) is 0 Å². The van der Waals surface area contributed by atoms with Gasteiger partial charge in [-0.05, 0) is 18.2 Å². The summed E-state index contributed by atoms with van der Waals surface area (Å²) in [6.45, 7) is 0. The molecule has 0 aliphatic heterocycles. The van der Waals surface area contributed by atoms with Crippen LogP contribution in [0.25, 0.3) is 22.2 Å². The summed E-state index contributed by atoms with van der Waals surface area (Å²) in [6, 6.07) is 23.6. The van der Waals surface area contributed by atoms with E-state index in [-0.39, 0.29) is 21.6 Å². The van der Waals surface area contributed by atoms with Gasteiger partial charge in [-0.1, -0.05) is 82.7 Å². The summed E-state index contributed by atoms with van der Waals surface area (Å²) in [5.41, 5.74) is 2.20. The molecule has 9 heteroatoms. The van der Waals surface area contributed by atoms with E-state index in [1.165, 1.54) is 12.1 Å². The zero-order valence-corrected chi connectivity index (χ0v) is 19.2. The monoisotopic (exact) mass is 519 g/mol. The molecule has 0 unspecified atom stereocenters. The summed E-state index contributed by atoms with van der Waals surface area (Å²) in [5, 5.41) is 21.1. The Kier molecular flexibility index (Phi) is 6.55. The highest BCUT2D eigenvalue weighted by molar-refractivity contribution is 9.08. The van der Waals surface area contributed by atoms with Gasteiger partial charge in [-0.15, -0.1) is 5.01 Å². The maximum atomic E-state index is 13.9. The van der Waals surface area contributed by atoms with E-state index in [0.717, 1.165) is 5.56 Å². The van der Waals surface area contributed by atoms with Crippen molar-refractivity contribution in [2.24, 2.45) is 0 Å². The first-order valence-corrected chi connectivity index (χ1v) is 11.2. The number of alkyl halides is 1. The van der Waals surface area contributed by atoms with Crippen molar-refractivity contribution in [1.29, 1.82) is 0 Å². The SMILES string of the molecule is O=C(O)N(C(=O)c1c(CBr)c(-c2ccccc2)nc2ccccc12)N(C(=O)O)c1ccccc1. The molecule has 0 radical (unpaired) electrons. The maximum Gasteiger partial charge on any atom is 0.434 e. The van der Waals surface area contributed by atoms with Crippen LogP contribution in [0.15, 0.2) is 84.9 Å². The van der Waals surface area contributed by atoms with Crippen molar-refractivity contribution < 1.29 is 24.6 Å². The molecule has 3 amide bonds. The molecule has 0 bridgehead atoms. The smallest absolute Gasteiger partial charge is 0.434 e. The van der Waals surface area contributed by atoms with Crippen LogP contribution in [0.4, 0.5) is 15.3 Å². The molecular weight excluding hydrogens is 502 g/mol. The molecule has 170 valence electrons. The first-order valence-electron chi connectivity index (χ1n) is 10.1. The summed E-state index contributed by atoms with van der Waals surface area (Å²) in [6.07, 6.45) is -3.36. The molecule has 0 spiro atoms. The summed E-state index contributed by atoms with van der Waals surface area (Å²) in [7, 11) is 0. The van der Waals surface area contributed by atoms with Crippen molar-refractivity contribution in [2.45, 2.75) is 5.33 Å². The van der Waals surface area contributed by atoms with Gasteiger partial charge in [0.15, 0.2) is 0 Å². The van der Waals surface area contributed by atoms with Crippen molar-refractivity contribution in [1.82, 2.24) is 9.99 Å². The zero-order valence-electron chi connectivity index (χ0n) is 17.6. The number of hydrogen-bond donors (Lipinski definition) is 2. The van der Waals surface area contributed by atoms with Gasteiger partial charge in [0.25, 0.3) is 5.91 Å². The second-order valence-electron chi connectivity index (χ2n) is 7.16. The number of para-hydroxylation sites is 2. The van der Waals surface area contributed by atoms with Crippen molar-refractivity contribution >= 4 is 50.6 Å². The number of hydrogen-bond acceptors (Lipinski definition) is 4. The molecule has 0 aliphatic rings. The number of carboxylic acid groups (broad SMARTS) is 2. The number of halogens is 1. The highest BCUT2D eigenvalue weighted by Gasteiger charge is 2.36. The van der Waals surface area contributed by atoms with E-state index < -0.39 is 18.1 Å². The van der Waals surface area contributed by atoms with Gasteiger partial charge < -0.3 is 10.2 Å². The first-order chi connectivity index (χ1) is 16.4. The van der Waals surface area contributed by atoms with Crippen LogP contribution < -0.4 is 5.01 Å². The van der Waals surface area contributed by atoms with Crippen LogP contribution in [0, 0.1) is 0 Å². The van der Waals surface area contributed by atoms with Crippen molar-refractivity contribution in [3.8, 4) is 11.3 Å². The number of hydrazine groups is 1.